The standard InChI is InChI=1S/C18H22F2N4O/c1-11(2)17-15(10-23(3)22-17)21-18(25)24-8-4-5-16(24)13-7-6-12(19)9-14(13)20/h6-7,9-11,16H,4-5,8H2,1-3H3,(H,21,25). The zero-order chi connectivity index (χ0) is 18.1. The number of hydrogen-bond donors (Lipinski definition) is 1. The lowest BCUT2D eigenvalue weighted by Crippen LogP contribution is -2.35. The molecule has 0 spiro atoms. The average molecular weight is 348 g/mol. The van der Waals surface area contributed by atoms with Gasteiger partial charge in [-0.2, -0.15) is 5.10 Å². The average Bonchev–Trinajstić information content (AvgIpc) is 3.14. The summed E-state index contributed by atoms with van der Waals surface area (Å²) in [6.45, 7) is 4.54. The first-order valence-corrected chi connectivity index (χ1v) is 8.43. The molecule has 1 aliphatic heterocycles. The van der Waals surface area contributed by atoms with E-state index in [0.29, 0.717) is 24.2 Å². The lowest BCUT2D eigenvalue weighted by Gasteiger charge is -2.25. The van der Waals surface area contributed by atoms with Gasteiger partial charge in [0.25, 0.3) is 0 Å². The van der Waals surface area contributed by atoms with Crippen LogP contribution in [0.4, 0.5) is 19.3 Å². The number of hydrogen-bond acceptors (Lipinski definition) is 2. The van der Waals surface area contributed by atoms with Crippen LogP contribution in [0.1, 0.15) is 49.9 Å². The fraction of sp³-hybridized carbons (Fsp3) is 0.444. The van der Waals surface area contributed by atoms with Gasteiger partial charge in [-0.05, 0) is 24.8 Å². The van der Waals surface area contributed by atoms with E-state index in [1.807, 2.05) is 13.8 Å². The molecule has 3 rings (SSSR count). The Morgan fingerprint density at radius 1 is 1.36 bits per heavy atom. The van der Waals surface area contributed by atoms with E-state index >= 15 is 0 Å². The third-order valence-electron chi connectivity index (χ3n) is 4.48. The third-order valence-corrected chi connectivity index (χ3v) is 4.48. The molecule has 2 heterocycles. The van der Waals surface area contributed by atoms with Crippen LogP contribution in [0.25, 0.3) is 0 Å². The molecule has 134 valence electrons. The van der Waals surface area contributed by atoms with Crippen molar-refractivity contribution in [3.8, 4) is 0 Å². The Hall–Kier alpha value is -2.44. The van der Waals surface area contributed by atoms with E-state index in [1.54, 1.807) is 22.8 Å². The Balaban J connectivity index is 1.82. The van der Waals surface area contributed by atoms with Crippen LogP contribution in [0.5, 0.6) is 0 Å². The molecule has 1 aromatic heterocycles. The molecule has 1 N–H and O–H groups in total. The maximum absolute atomic E-state index is 14.1. The van der Waals surface area contributed by atoms with Crippen molar-refractivity contribution in [2.24, 2.45) is 7.05 Å². The Morgan fingerprint density at radius 2 is 2.12 bits per heavy atom. The van der Waals surface area contributed by atoms with Gasteiger partial charge in [0.15, 0.2) is 0 Å². The van der Waals surface area contributed by atoms with Crippen LogP contribution in [0.3, 0.4) is 0 Å². The summed E-state index contributed by atoms with van der Waals surface area (Å²) < 4.78 is 28.9. The molecule has 0 radical (unpaired) electrons. The van der Waals surface area contributed by atoms with Crippen molar-refractivity contribution < 1.29 is 13.6 Å². The van der Waals surface area contributed by atoms with Crippen LogP contribution in [0, 0.1) is 11.6 Å². The molecule has 0 saturated carbocycles. The Labute approximate surface area is 145 Å². The summed E-state index contributed by atoms with van der Waals surface area (Å²) in [4.78, 5) is 14.3. The van der Waals surface area contributed by atoms with Crippen LogP contribution < -0.4 is 5.32 Å². The Bertz CT molecular complexity index is 787. The third kappa shape index (κ3) is 3.50. The largest absolute Gasteiger partial charge is 0.322 e. The molecule has 1 atom stereocenters. The number of urea groups is 1. The molecular formula is C18H22F2N4O. The van der Waals surface area contributed by atoms with Crippen LogP contribution >= 0.6 is 0 Å². The van der Waals surface area contributed by atoms with Gasteiger partial charge in [0.2, 0.25) is 0 Å². The number of aryl methyl sites for hydroxylation is 1. The van der Waals surface area contributed by atoms with E-state index in [2.05, 4.69) is 10.4 Å². The molecule has 1 aliphatic rings. The number of nitrogens with zero attached hydrogens (tertiary/aromatic N) is 3. The van der Waals surface area contributed by atoms with Crippen molar-refractivity contribution in [2.45, 2.75) is 38.6 Å². The van der Waals surface area contributed by atoms with Crippen molar-refractivity contribution in [3.05, 3.63) is 47.3 Å². The normalized spacial score (nSPS) is 17.4. The summed E-state index contributed by atoms with van der Waals surface area (Å²) in [6.07, 6.45) is 3.19. The highest BCUT2D eigenvalue weighted by Gasteiger charge is 2.32. The van der Waals surface area contributed by atoms with E-state index in [0.717, 1.165) is 18.2 Å². The summed E-state index contributed by atoms with van der Waals surface area (Å²) in [5.74, 6) is -1.07. The van der Waals surface area contributed by atoms with Crippen molar-refractivity contribution in [1.82, 2.24) is 14.7 Å². The quantitative estimate of drug-likeness (QED) is 0.904. The van der Waals surface area contributed by atoms with Crippen molar-refractivity contribution in [1.29, 1.82) is 0 Å². The maximum atomic E-state index is 14.1. The van der Waals surface area contributed by atoms with Crippen molar-refractivity contribution >= 4 is 11.7 Å². The summed E-state index contributed by atoms with van der Waals surface area (Å²) in [7, 11) is 1.80. The fourth-order valence-corrected chi connectivity index (χ4v) is 3.32. The van der Waals surface area contributed by atoms with E-state index in [4.69, 9.17) is 0 Å². The van der Waals surface area contributed by atoms with Gasteiger partial charge in [-0.15, -0.1) is 0 Å². The predicted molar refractivity (Wildman–Crippen MR) is 91.4 cm³/mol. The first-order chi connectivity index (χ1) is 11.9. The molecule has 1 aromatic carbocycles. The number of likely N-dealkylation sites (tertiary alicyclic amines) is 1. The molecular weight excluding hydrogens is 326 g/mol. The fourth-order valence-electron chi connectivity index (χ4n) is 3.32. The second-order valence-electron chi connectivity index (χ2n) is 6.70. The molecule has 0 aliphatic carbocycles. The first-order valence-electron chi connectivity index (χ1n) is 8.43. The highest BCUT2D eigenvalue weighted by molar-refractivity contribution is 5.90. The lowest BCUT2D eigenvalue weighted by molar-refractivity contribution is 0.206. The van der Waals surface area contributed by atoms with Gasteiger partial charge in [-0.3, -0.25) is 4.68 Å². The number of carbonyl (C=O) groups excluding carboxylic acids is 1. The van der Waals surface area contributed by atoms with E-state index in [-0.39, 0.29) is 18.0 Å². The van der Waals surface area contributed by atoms with Gasteiger partial charge in [0, 0.05) is 31.4 Å². The van der Waals surface area contributed by atoms with Gasteiger partial charge in [0.05, 0.1) is 17.4 Å². The highest BCUT2D eigenvalue weighted by atomic mass is 19.1. The Morgan fingerprint density at radius 3 is 2.80 bits per heavy atom. The number of carbonyl (C=O) groups is 1. The molecule has 1 fully saturated rings. The lowest BCUT2D eigenvalue weighted by atomic mass is 10.0. The predicted octanol–water partition coefficient (Wildman–Crippen LogP) is 4.19. The molecule has 25 heavy (non-hydrogen) atoms. The van der Waals surface area contributed by atoms with Gasteiger partial charge < -0.3 is 10.2 Å². The summed E-state index contributed by atoms with van der Waals surface area (Å²) >= 11 is 0. The monoisotopic (exact) mass is 348 g/mol. The number of amides is 2. The molecule has 2 aromatic rings. The minimum absolute atomic E-state index is 0.167. The van der Waals surface area contributed by atoms with Crippen LogP contribution in [-0.2, 0) is 7.05 Å². The molecule has 2 amide bonds. The smallest absolute Gasteiger partial charge is 0.317 e. The van der Waals surface area contributed by atoms with Crippen molar-refractivity contribution in [2.75, 3.05) is 11.9 Å². The summed E-state index contributed by atoms with van der Waals surface area (Å²) in [5, 5.41) is 7.26. The topological polar surface area (TPSA) is 50.2 Å². The SMILES string of the molecule is CC(C)c1nn(C)cc1NC(=O)N1CCCC1c1ccc(F)cc1F. The number of aromatic nitrogens is 2. The van der Waals surface area contributed by atoms with Crippen LogP contribution in [-0.4, -0.2) is 27.3 Å². The second-order valence-corrected chi connectivity index (χ2v) is 6.70. The Kier molecular flexibility index (Phi) is 4.74. The van der Waals surface area contributed by atoms with Gasteiger partial charge >= 0.3 is 6.03 Å². The minimum Gasteiger partial charge on any atom is -0.317 e. The zero-order valence-electron chi connectivity index (χ0n) is 14.6. The van der Waals surface area contributed by atoms with E-state index in [1.165, 1.54) is 12.1 Å². The first kappa shape index (κ1) is 17.4. The molecule has 7 heteroatoms. The van der Waals surface area contributed by atoms with Crippen molar-refractivity contribution in [3.63, 3.8) is 0 Å². The zero-order valence-corrected chi connectivity index (χ0v) is 14.6. The minimum atomic E-state index is -0.618. The number of benzene rings is 1. The van der Waals surface area contributed by atoms with Crippen LogP contribution in [0.2, 0.25) is 0 Å². The molecule has 1 unspecified atom stereocenters. The van der Waals surface area contributed by atoms with Crippen LogP contribution in [0.15, 0.2) is 24.4 Å². The van der Waals surface area contributed by atoms with E-state index in [9.17, 15) is 13.6 Å². The highest BCUT2D eigenvalue weighted by Crippen LogP contribution is 2.34. The maximum Gasteiger partial charge on any atom is 0.322 e. The van der Waals surface area contributed by atoms with Gasteiger partial charge in [0.1, 0.15) is 11.6 Å². The number of halogens is 2. The molecule has 0 bridgehead atoms. The molecule has 1 saturated heterocycles. The number of nitrogens with one attached hydrogen (secondary N) is 1. The number of anilines is 1. The second kappa shape index (κ2) is 6.82. The summed E-state index contributed by atoms with van der Waals surface area (Å²) in [5.41, 5.74) is 1.82. The summed E-state index contributed by atoms with van der Waals surface area (Å²) in [6, 6.07) is 2.83. The number of rotatable bonds is 3. The van der Waals surface area contributed by atoms with Gasteiger partial charge in [-0.1, -0.05) is 19.9 Å². The van der Waals surface area contributed by atoms with Gasteiger partial charge in [-0.25, -0.2) is 13.6 Å². The van der Waals surface area contributed by atoms with E-state index < -0.39 is 11.6 Å². The molecule has 5 nitrogen and oxygen atoms in total.